The molecular weight excluding hydrogens is 329 g/mol. The van der Waals surface area contributed by atoms with Gasteiger partial charge >= 0.3 is 0 Å². The Morgan fingerprint density at radius 3 is 2.52 bits per heavy atom. The number of benzene rings is 1. The molecule has 0 saturated carbocycles. The highest BCUT2D eigenvalue weighted by Gasteiger charge is 2.20. The summed E-state index contributed by atoms with van der Waals surface area (Å²) in [5.41, 5.74) is 1.40. The Morgan fingerprint density at radius 2 is 1.95 bits per heavy atom. The lowest BCUT2D eigenvalue weighted by Crippen LogP contribution is -2.33. The van der Waals surface area contributed by atoms with E-state index >= 15 is 0 Å². The minimum atomic E-state index is -0.175. The molecule has 1 N–H and O–H groups in total. The maximum absolute atomic E-state index is 13.6. The fourth-order valence-corrected chi connectivity index (χ4v) is 3.54. The van der Waals surface area contributed by atoms with Crippen molar-refractivity contribution in [2.75, 3.05) is 6.54 Å². The molecule has 21 heavy (non-hydrogen) atoms. The van der Waals surface area contributed by atoms with Crippen LogP contribution in [0.3, 0.4) is 0 Å². The van der Waals surface area contributed by atoms with Crippen molar-refractivity contribution >= 4 is 15.9 Å². The average Bonchev–Trinajstić information content (AvgIpc) is 2.32. The summed E-state index contributed by atoms with van der Waals surface area (Å²) in [5, 5.41) is 3.55. The van der Waals surface area contributed by atoms with Crippen LogP contribution < -0.4 is 5.32 Å². The van der Waals surface area contributed by atoms with E-state index in [9.17, 15) is 4.39 Å². The zero-order valence-electron chi connectivity index (χ0n) is 14.0. The largest absolute Gasteiger partial charge is 0.314 e. The Kier molecular flexibility index (Phi) is 7.35. The van der Waals surface area contributed by atoms with Gasteiger partial charge in [-0.2, -0.15) is 0 Å². The Morgan fingerprint density at radius 1 is 1.29 bits per heavy atom. The maximum Gasteiger partial charge on any atom is 0.137 e. The standard InChI is InChI=1S/C18H29BrFN/c1-6-21-15(10-13(2)12-18(3,4)5)11-14-8-7-9-16(20)17(14)19/h7-9,13,15,21H,6,10-12H2,1-5H3. The van der Waals surface area contributed by atoms with Gasteiger partial charge in [-0.1, -0.05) is 46.8 Å². The quantitative estimate of drug-likeness (QED) is 0.672. The molecule has 0 heterocycles. The number of likely N-dealkylation sites (N-methyl/N-ethyl adjacent to an activating group) is 1. The molecule has 2 atom stereocenters. The lowest BCUT2D eigenvalue weighted by molar-refractivity contribution is 0.275. The van der Waals surface area contributed by atoms with Crippen molar-refractivity contribution in [1.29, 1.82) is 0 Å². The van der Waals surface area contributed by atoms with Crippen molar-refractivity contribution in [2.45, 2.75) is 59.9 Å². The van der Waals surface area contributed by atoms with Gasteiger partial charge in [0.15, 0.2) is 0 Å². The smallest absolute Gasteiger partial charge is 0.137 e. The van der Waals surface area contributed by atoms with Gasteiger partial charge in [-0.05, 0) is 64.7 Å². The van der Waals surface area contributed by atoms with E-state index in [1.54, 1.807) is 6.07 Å². The molecule has 0 aliphatic carbocycles. The molecule has 0 aliphatic rings. The second-order valence-corrected chi connectivity index (χ2v) is 8.07. The van der Waals surface area contributed by atoms with Crippen LogP contribution in [0.5, 0.6) is 0 Å². The summed E-state index contributed by atoms with van der Waals surface area (Å²) in [6, 6.07) is 5.69. The zero-order chi connectivity index (χ0) is 16.0. The molecule has 0 radical (unpaired) electrons. The Hall–Kier alpha value is -0.410. The van der Waals surface area contributed by atoms with Crippen LogP contribution in [0.4, 0.5) is 4.39 Å². The van der Waals surface area contributed by atoms with Crippen LogP contribution in [0, 0.1) is 17.2 Å². The molecule has 1 nitrogen and oxygen atoms in total. The highest BCUT2D eigenvalue weighted by molar-refractivity contribution is 9.10. The molecule has 0 aliphatic heterocycles. The van der Waals surface area contributed by atoms with Crippen molar-refractivity contribution < 1.29 is 4.39 Å². The van der Waals surface area contributed by atoms with Crippen LogP contribution >= 0.6 is 15.9 Å². The van der Waals surface area contributed by atoms with Gasteiger partial charge in [0.2, 0.25) is 0 Å². The van der Waals surface area contributed by atoms with Crippen LogP contribution in [-0.4, -0.2) is 12.6 Å². The van der Waals surface area contributed by atoms with E-state index in [2.05, 4.69) is 55.9 Å². The van der Waals surface area contributed by atoms with Crippen molar-refractivity contribution in [3.8, 4) is 0 Å². The monoisotopic (exact) mass is 357 g/mol. The van der Waals surface area contributed by atoms with Gasteiger partial charge in [-0.15, -0.1) is 0 Å². The molecule has 1 aromatic carbocycles. The van der Waals surface area contributed by atoms with E-state index in [0.29, 0.717) is 21.8 Å². The van der Waals surface area contributed by atoms with Crippen LogP contribution in [0.25, 0.3) is 0 Å². The van der Waals surface area contributed by atoms with Gasteiger partial charge in [-0.25, -0.2) is 4.39 Å². The highest BCUT2D eigenvalue weighted by Crippen LogP contribution is 2.28. The Bertz CT molecular complexity index is 439. The van der Waals surface area contributed by atoms with E-state index in [-0.39, 0.29) is 5.82 Å². The van der Waals surface area contributed by atoms with E-state index in [1.165, 1.54) is 12.5 Å². The number of hydrogen-bond acceptors (Lipinski definition) is 1. The van der Waals surface area contributed by atoms with E-state index in [0.717, 1.165) is 24.9 Å². The minimum absolute atomic E-state index is 0.175. The van der Waals surface area contributed by atoms with E-state index < -0.39 is 0 Å². The summed E-state index contributed by atoms with van der Waals surface area (Å²) >= 11 is 3.37. The summed E-state index contributed by atoms with van der Waals surface area (Å²) < 4.78 is 14.2. The number of hydrogen-bond donors (Lipinski definition) is 1. The van der Waals surface area contributed by atoms with Crippen molar-refractivity contribution in [3.05, 3.63) is 34.1 Å². The van der Waals surface area contributed by atoms with Crippen LogP contribution in [0.15, 0.2) is 22.7 Å². The van der Waals surface area contributed by atoms with Gasteiger partial charge in [0.1, 0.15) is 5.82 Å². The zero-order valence-corrected chi connectivity index (χ0v) is 15.6. The maximum atomic E-state index is 13.6. The fraction of sp³-hybridized carbons (Fsp3) is 0.667. The second kappa shape index (κ2) is 8.28. The first kappa shape index (κ1) is 18.6. The van der Waals surface area contributed by atoms with Gasteiger partial charge < -0.3 is 5.32 Å². The predicted molar refractivity (Wildman–Crippen MR) is 93.1 cm³/mol. The molecule has 0 fully saturated rings. The fourth-order valence-electron chi connectivity index (χ4n) is 3.11. The number of nitrogens with one attached hydrogen (secondary N) is 1. The second-order valence-electron chi connectivity index (χ2n) is 7.28. The summed E-state index contributed by atoms with van der Waals surface area (Å²) in [7, 11) is 0. The van der Waals surface area contributed by atoms with Crippen LogP contribution in [-0.2, 0) is 6.42 Å². The van der Waals surface area contributed by atoms with Crippen molar-refractivity contribution in [1.82, 2.24) is 5.32 Å². The first-order valence-corrected chi connectivity index (χ1v) is 8.68. The first-order valence-electron chi connectivity index (χ1n) is 7.89. The molecule has 1 rings (SSSR count). The van der Waals surface area contributed by atoms with Gasteiger partial charge in [-0.3, -0.25) is 0 Å². The normalized spacial score (nSPS) is 15.0. The van der Waals surface area contributed by atoms with Crippen LogP contribution in [0.2, 0.25) is 0 Å². The SMILES string of the molecule is CCNC(Cc1cccc(F)c1Br)CC(C)CC(C)(C)C. The summed E-state index contributed by atoms with van der Waals surface area (Å²) in [5.74, 6) is 0.479. The lowest BCUT2D eigenvalue weighted by atomic mass is 9.82. The molecule has 2 unspecified atom stereocenters. The molecule has 1 aromatic rings. The molecule has 0 amide bonds. The first-order chi connectivity index (χ1) is 9.73. The average molecular weight is 358 g/mol. The lowest BCUT2D eigenvalue weighted by Gasteiger charge is -2.27. The van der Waals surface area contributed by atoms with Crippen LogP contribution in [0.1, 0.15) is 53.0 Å². The van der Waals surface area contributed by atoms with E-state index in [1.807, 2.05) is 6.07 Å². The predicted octanol–water partition coefficient (Wildman–Crippen LogP) is 5.57. The molecule has 3 heteroatoms. The third-order valence-electron chi connectivity index (χ3n) is 3.64. The molecule has 0 aromatic heterocycles. The summed E-state index contributed by atoms with van der Waals surface area (Å²) in [4.78, 5) is 0. The molecule has 120 valence electrons. The van der Waals surface area contributed by atoms with Gasteiger partial charge in [0.05, 0.1) is 4.47 Å². The van der Waals surface area contributed by atoms with Crippen molar-refractivity contribution in [3.63, 3.8) is 0 Å². The minimum Gasteiger partial charge on any atom is -0.314 e. The molecule has 0 spiro atoms. The van der Waals surface area contributed by atoms with E-state index in [4.69, 9.17) is 0 Å². The molecule has 0 saturated heterocycles. The number of rotatable bonds is 7. The topological polar surface area (TPSA) is 12.0 Å². The molecule has 0 bridgehead atoms. The Balaban J connectivity index is 2.71. The third kappa shape index (κ3) is 6.92. The summed E-state index contributed by atoms with van der Waals surface area (Å²) in [6.45, 7) is 12.2. The molecular formula is C18H29BrFN. The number of halogens is 2. The van der Waals surface area contributed by atoms with Crippen molar-refractivity contribution in [2.24, 2.45) is 11.3 Å². The van der Waals surface area contributed by atoms with Gasteiger partial charge in [0, 0.05) is 6.04 Å². The summed E-state index contributed by atoms with van der Waals surface area (Å²) in [6.07, 6.45) is 3.19. The van der Waals surface area contributed by atoms with Gasteiger partial charge in [0.25, 0.3) is 0 Å². The third-order valence-corrected chi connectivity index (χ3v) is 4.53. The Labute approximate surface area is 137 Å². The highest BCUT2D eigenvalue weighted by atomic mass is 79.9.